The molecule has 0 amide bonds. The Balaban J connectivity index is 1.68. The second kappa shape index (κ2) is 7.91. The molecule has 0 fully saturated rings. The number of hydrogen-bond donors (Lipinski definition) is 1. The molecule has 2 aromatic rings. The van der Waals surface area contributed by atoms with Crippen LogP contribution in [0.4, 0.5) is 5.69 Å². The molecule has 0 saturated heterocycles. The molecule has 4 heteroatoms. The van der Waals surface area contributed by atoms with Crippen molar-refractivity contribution in [2.45, 2.75) is 13.0 Å². The smallest absolute Gasteiger partial charge is 0.119 e. The van der Waals surface area contributed by atoms with Crippen LogP contribution >= 0.6 is 11.6 Å². The van der Waals surface area contributed by atoms with E-state index in [1.807, 2.05) is 42.5 Å². The van der Waals surface area contributed by atoms with Gasteiger partial charge in [0.15, 0.2) is 0 Å². The average molecular weight is 305 g/mol. The van der Waals surface area contributed by atoms with Crippen LogP contribution in [0.5, 0.6) is 5.75 Å². The standard InChI is InChI=1S/C17H21ClN2O/c1-20(13-14-5-2-3-6-17(14)18)11-4-12-21-16-9-7-15(19)8-10-16/h2-3,5-10H,4,11-13,19H2,1H3. The maximum Gasteiger partial charge on any atom is 0.119 e. The molecule has 112 valence electrons. The average Bonchev–Trinajstić information content (AvgIpc) is 2.48. The number of rotatable bonds is 7. The number of halogens is 1. The summed E-state index contributed by atoms with van der Waals surface area (Å²) in [6.07, 6.45) is 0.964. The molecule has 0 saturated carbocycles. The minimum atomic E-state index is 0.691. The summed E-state index contributed by atoms with van der Waals surface area (Å²) in [5, 5.41) is 0.822. The molecule has 0 unspecified atom stereocenters. The van der Waals surface area contributed by atoms with Crippen molar-refractivity contribution >= 4 is 17.3 Å². The second-order valence-corrected chi connectivity index (χ2v) is 5.51. The van der Waals surface area contributed by atoms with Gasteiger partial charge in [0.1, 0.15) is 5.75 Å². The first-order valence-corrected chi connectivity index (χ1v) is 7.43. The first-order valence-electron chi connectivity index (χ1n) is 7.05. The quantitative estimate of drug-likeness (QED) is 0.624. The number of hydrogen-bond acceptors (Lipinski definition) is 3. The predicted octanol–water partition coefficient (Wildman–Crippen LogP) is 3.82. The first-order chi connectivity index (χ1) is 10.1. The highest BCUT2D eigenvalue weighted by Crippen LogP contribution is 2.16. The normalized spacial score (nSPS) is 10.8. The summed E-state index contributed by atoms with van der Waals surface area (Å²) in [5.74, 6) is 0.859. The van der Waals surface area contributed by atoms with Crippen LogP contribution in [0.2, 0.25) is 5.02 Å². The van der Waals surface area contributed by atoms with Gasteiger partial charge in [-0.25, -0.2) is 0 Å². The molecule has 0 heterocycles. The van der Waals surface area contributed by atoms with Crippen molar-refractivity contribution in [3.8, 4) is 5.75 Å². The zero-order valence-corrected chi connectivity index (χ0v) is 13.0. The molecule has 2 aromatic carbocycles. The summed E-state index contributed by atoms with van der Waals surface area (Å²) in [5.41, 5.74) is 7.54. The maximum atomic E-state index is 6.16. The summed E-state index contributed by atoms with van der Waals surface area (Å²) in [7, 11) is 2.09. The molecule has 2 N–H and O–H groups in total. The lowest BCUT2D eigenvalue weighted by atomic mass is 10.2. The lowest BCUT2D eigenvalue weighted by Gasteiger charge is -2.17. The number of benzene rings is 2. The van der Waals surface area contributed by atoms with E-state index in [4.69, 9.17) is 22.1 Å². The summed E-state index contributed by atoms with van der Waals surface area (Å²) in [6.45, 7) is 2.50. The van der Waals surface area contributed by atoms with Gasteiger partial charge in [-0.3, -0.25) is 0 Å². The monoisotopic (exact) mass is 304 g/mol. The largest absolute Gasteiger partial charge is 0.494 e. The Morgan fingerprint density at radius 1 is 1.10 bits per heavy atom. The summed E-state index contributed by atoms with van der Waals surface area (Å²) >= 11 is 6.16. The Labute approximate surface area is 131 Å². The van der Waals surface area contributed by atoms with Crippen LogP contribution in [0.3, 0.4) is 0 Å². The third-order valence-electron chi connectivity index (χ3n) is 3.23. The summed E-state index contributed by atoms with van der Waals surface area (Å²) in [6, 6.07) is 15.4. The molecule has 21 heavy (non-hydrogen) atoms. The van der Waals surface area contributed by atoms with E-state index in [1.165, 1.54) is 0 Å². The van der Waals surface area contributed by atoms with Crippen molar-refractivity contribution in [1.29, 1.82) is 0 Å². The minimum absolute atomic E-state index is 0.691. The van der Waals surface area contributed by atoms with Gasteiger partial charge in [-0.1, -0.05) is 29.8 Å². The highest BCUT2D eigenvalue weighted by molar-refractivity contribution is 6.31. The molecule has 0 aliphatic carbocycles. The molecule has 0 spiro atoms. The SMILES string of the molecule is CN(CCCOc1ccc(N)cc1)Cc1ccccc1Cl. The molecule has 2 rings (SSSR count). The Hall–Kier alpha value is -1.71. The topological polar surface area (TPSA) is 38.5 Å². The van der Waals surface area contributed by atoms with E-state index < -0.39 is 0 Å². The van der Waals surface area contributed by atoms with Crippen molar-refractivity contribution in [2.24, 2.45) is 0 Å². The van der Waals surface area contributed by atoms with Gasteiger partial charge in [0.05, 0.1) is 6.61 Å². The van der Waals surface area contributed by atoms with Crippen LogP contribution in [-0.4, -0.2) is 25.1 Å². The number of nitrogens with two attached hydrogens (primary N) is 1. The van der Waals surface area contributed by atoms with Crippen LogP contribution in [0.1, 0.15) is 12.0 Å². The highest BCUT2D eigenvalue weighted by atomic mass is 35.5. The lowest BCUT2D eigenvalue weighted by Crippen LogP contribution is -2.21. The van der Waals surface area contributed by atoms with Crippen LogP contribution in [0.15, 0.2) is 48.5 Å². The molecule has 0 aliphatic heterocycles. The van der Waals surface area contributed by atoms with Gasteiger partial charge in [0.25, 0.3) is 0 Å². The van der Waals surface area contributed by atoms with E-state index >= 15 is 0 Å². The van der Waals surface area contributed by atoms with Gasteiger partial charge in [0, 0.05) is 23.8 Å². The zero-order chi connectivity index (χ0) is 15.1. The van der Waals surface area contributed by atoms with Gasteiger partial charge >= 0.3 is 0 Å². The Morgan fingerprint density at radius 3 is 2.52 bits per heavy atom. The number of anilines is 1. The third kappa shape index (κ3) is 5.29. The summed E-state index contributed by atoms with van der Waals surface area (Å²) in [4.78, 5) is 2.24. The number of nitrogens with zero attached hydrogens (tertiary/aromatic N) is 1. The molecular formula is C17H21ClN2O. The molecule has 0 aliphatic rings. The van der Waals surface area contributed by atoms with Crippen LogP contribution in [0.25, 0.3) is 0 Å². The molecule has 0 radical (unpaired) electrons. The molecular weight excluding hydrogens is 284 g/mol. The van der Waals surface area contributed by atoms with Gasteiger partial charge in [0.2, 0.25) is 0 Å². The number of nitrogen functional groups attached to an aromatic ring is 1. The fourth-order valence-electron chi connectivity index (χ4n) is 2.09. The van der Waals surface area contributed by atoms with Crippen LogP contribution < -0.4 is 10.5 Å². The molecule has 3 nitrogen and oxygen atoms in total. The van der Waals surface area contributed by atoms with Gasteiger partial charge in [-0.05, 0) is 49.4 Å². The third-order valence-corrected chi connectivity index (χ3v) is 3.60. The van der Waals surface area contributed by atoms with Gasteiger partial charge < -0.3 is 15.4 Å². The fourth-order valence-corrected chi connectivity index (χ4v) is 2.28. The van der Waals surface area contributed by atoms with Gasteiger partial charge in [-0.2, -0.15) is 0 Å². The van der Waals surface area contributed by atoms with Crippen LogP contribution in [-0.2, 0) is 6.54 Å². The van der Waals surface area contributed by atoms with Crippen molar-refractivity contribution in [2.75, 3.05) is 25.9 Å². The van der Waals surface area contributed by atoms with Crippen molar-refractivity contribution in [3.63, 3.8) is 0 Å². The zero-order valence-electron chi connectivity index (χ0n) is 12.3. The Bertz CT molecular complexity index is 557. The second-order valence-electron chi connectivity index (χ2n) is 5.10. The first kappa shape index (κ1) is 15.7. The van der Waals surface area contributed by atoms with Crippen molar-refractivity contribution in [1.82, 2.24) is 4.90 Å². The Kier molecular flexibility index (Phi) is 5.90. The van der Waals surface area contributed by atoms with E-state index in [0.29, 0.717) is 6.61 Å². The summed E-state index contributed by atoms with van der Waals surface area (Å²) < 4.78 is 5.68. The van der Waals surface area contributed by atoms with Gasteiger partial charge in [-0.15, -0.1) is 0 Å². The van der Waals surface area contributed by atoms with Crippen molar-refractivity contribution < 1.29 is 4.74 Å². The Morgan fingerprint density at radius 2 is 1.81 bits per heavy atom. The molecule has 0 bridgehead atoms. The highest BCUT2D eigenvalue weighted by Gasteiger charge is 2.03. The maximum absolute atomic E-state index is 6.16. The molecule has 0 atom stereocenters. The van der Waals surface area contributed by atoms with E-state index in [-0.39, 0.29) is 0 Å². The molecule has 0 aromatic heterocycles. The van der Waals surface area contributed by atoms with E-state index in [1.54, 1.807) is 0 Å². The predicted molar refractivity (Wildman–Crippen MR) is 88.8 cm³/mol. The van der Waals surface area contributed by atoms with Crippen LogP contribution in [0, 0.1) is 0 Å². The van der Waals surface area contributed by atoms with E-state index in [2.05, 4.69) is 18.0 Å². The number of ether oxygens (including phenoxy) is 1. The van der Waals surface area contributed by atoms with E-state index in [0.717, 1.165) is 41.5 Å². The lowest BCUT2D eigenvalue weighted by molar-refractivity contribution is 0.259. The minimum Gasteiger partial charge on any atom is -0.494 e. The fraction of sp³-hybridized carbons (Fsp3) is 0.294. The van der Waals surface area contributed by atoms with Crippen molar-refractivity contribution in [3.05, 3.63) is 59.1 Å². The van der Waals surface area contributed by atoms with E-state index in [9.17, 15) is 0 Å².